The molecule has 0 spiro atoms. The fourth-order valence-corrected chi connectivity index (χ4v) is 2.76. The summed E-state index contributed by atoms with van der Waals surface area (Å²) in [7, 11) is 0. The van der Waals surface area contributed by atoms with Gasteiger partial charge in [0.25, 0.3) is 5.91 Å². The van der Waals surface area contributed by atoms with Crippen molar-refractivity contribution in [3.8, 4) is 5.75 Å². The average Bonchev–Trinajstić information content (AvgIpc) is 2.47. The minimum Gasteiger partial charge on any atom is -0.484 e. The van der Waals surface area contributed by atoms with Crippen molar-refractivity contribution in [2.45, 2.75) is 13.0 Å². The van der Waals surface area contributed by atoms with E-state index in [1.807, 2.05) is 55.5 Å². The second-order valence-electron chi connectivity index (χ2n) is 4.55. The van der Waals surface area contributed by atoms with Crippen molar-refractivity contribution in [2.24, 2.45) is 0 Å². The SMILES string of the molecule is CC(NC(=O)COc1ccc(Br)cc1)c1ccccc1Br. The number of benzene rings is 2. The van der Waals surface area contributed by atoms with Crippen molar-refractivity contribution < 1.29 is 9.53 Å². The topological polar surface area (TPSA) is 38.3 Å². The van der Waals surface area contributed by atoms with Gasteiger partial charge in [0.1, 0.15) is 5.75 Å². The second kappa shape index (κ2) is 7.61. The van der Waals surface area contributed by atoms with E-state index in [1.165, 1.54) is 0 Å². The first kappa shape index (κ1) is 16.0. The highest BCUT2D eigenvalue weighted by atomic mass is 79.9. The summed E-state index contributed by atoms with van der Waals surface area (Å²) in [4.78, 5) is 11.9. The Morgan fingerprint density at radius 1 is 1.14 bits per heavy atom. The first-order valence-electron chi connectivity index (χ1n) is 6.48. The molecule has 3 nitrogen and oxygen atoms in total. The third kappa shape index (κ3) is 4.86. The fourth-order valence-electron chi connectivity index (χ4n) is 1.87. The molecule has 2 rings (SSSR count). The molecule has 0 saturated heterocycles. The van der Waals surface area contributed by atoms with Gasteiger partial charge >= 0.3 is 0 Å². The molecule has 1 atom stereocenters. The number of rotatable bonds is 5. The third-order valence-electron chi connectivity index (χ3n) is 2.93. The zero-order valence-corrected chi connectivity index (χ0v) is 14.6. The van der Waals surface area contributed by atoms with Gasteiger partial charge in [-0.25, -0.2) is 0 Å². The molecule has 1 N–H and O–H groups in total. The first-order chi connectivity index (χ1) is 10.1. The van der Waals surface area contributed by atoms with Gasteiger partial charge in [0.2, 0.25) is 0 Å². The van der Waals surface area contributed by atoms with Crippen LogP contribution < -0.4 is 10.1 Å². The molecule has 1 amide bonds. The van der Waals surface area contributed by atoms with Gasteiger partial charge in [-0.1, -0.05) is 50.1 Å². The number of amides is 1. The molecule has 0 aliphatic heterocycles. The number of hydrogen-bond acceptors (Lipinski definition) is 2. The summed E-state index contributed by atoms with van der Waals surface area (Å²) in [5.74, 6) is 0.517. The van der Waals surface area contributed by atoms with Crippen LogP contribution in [-0.2, 0) is 4.79 Å². The Balaban J connectivity index is 1.87. The van der Waals surface area contributed by atoms with E-state index in [9.17, 15) is 4.79 Å². The highest BCUT2D eigenvalue weighted by Crippen LogP contribution is 2.22. The molecule has 2 aromatic rings. The number of halogens is 2. The lowest BCUT2D eigenvalue weighted by Gasteiger charge is -2.16. The molecule has 0 fully saturated rings. The van der Waals surface area contributed by atoms with Crippen LogP contribution >= 0.6 is 31.9 Å². The lowest BCUT2D eigenvalue weighted by molar-refractivity contribution is -0.123. The predicted molar refractivity (Wildman–Crippen MR) is 90.3 cm³/mol. The molecule has 0 aliphatic rings. The van der Waals surface area contributed by atoms with Crippen LogP contribution in [0.3, 0.4) is 0 Å². The van der Waals surface area contributed by atoms with Crippen LogP contribution in [0.1, 0.15) is 18.5 Å². The summed E-state index contributed by atoms with van der Waals surface area (Å²) in [5, 5.41) is 2.92. The van der Waals surface area contributed by atoms with Gasteiger partial charge in [-0.2, -0.15) is 0 Å². The number of nitrogens with one attached hydrogen (secondary N) is 1. The first-order valence-corrected chi connectivity index (χ1v) is 8.07. The van der Waals surface area contributed by atoms with Crippen molar-refractivity contribution >= 4 is 37.8 Å². The molecule has 0 aliphatic carbocycles. The van der Waals surface area contributed by atoms with Crippen LogP contribution in [0.2, 0.25) is 0 Å². The van der Waals surface area contributed by atoms with Crippen LogP contribution in [0.4, 0.5) is 0 Å². The molecular weight excluding hydrogens is 398 g/mol. The standard InChI is InChI=1S/C16H15Br2NO2/c1-11(14-4-2-3-5-15(14)18)19-16(20)10-21-13-8-6-12(17)7-9-13/h2-9,11H,10H2,1H3,(H,19,20). The lowest BCUT2D eigenvalue weighted by Crippen LogP contribution is -2.31. The van der Waals surface area contributed by atoms with Gasteiger partial charge in [-0.05, 0) is 42.8 Å². The fraction of sp³-hybridized carbons (Fsp3) is 0.188. The Morgan fingerprint density at radius 2 is 1.81 bits per heavy atom. The van der Waals surface area contributed by atoms with Crippen molar-refractivity contribution in [1.29, 1.82) is 0 Å². The summed E-state index contributed by atoms with van der Waals surface area (Å²) in [6.07, 6.45) is 0. The van der Waals surface area contributed by atoms with Gasteiger partial charge in [0, 0.05) is 8.95 Å². The molecule has 0 bridgehead atoms. The summed E-state index contributed by atoms with van der Waals surface area (Å²) < 4.78 is 7.40. The molecular formula is C16H15Br2NO2. The molecule has 0 aromatic heterocycles. The molecule has 110 valence electrons. The highest BCUT2D eigenvalue weighted by Gasteiger charge is 2.12. The quantitative estimate of drug-likeness (QED) is 0.786. The van der Waals surface area contributed by atoms with E-state index in [4.69, 9.17) is 4.74 Å². The maximum Gasteiger partial charge on any atom is 0.258 e. The molecule has 1 unspecified atom stereocenters. The van der Waals surface area contributed by atoms with Gasteiger partial charge in [0.15, 0.2) is 6.61 Å². The Labute approximate surface area is 141 Å². The van der Waals surface area contributed by atoms with Crippen LogP contribution in [0.25, 0.3) is 0 Å². The Hall–Kier alpha value is -1.33. The predicted octanol–water partition coefficient (Wildman–Crippen LogP) is 4.47. The summed E-state index contributed by atoms with van der Waals surface area (Å²) in [6, 6.07) is 15.1. The number of hydrogen-bond donors (Lipinski definition) is 1. The van der Waals surface area contributed by atoms with E-state index in [0.29, 0.717) is 5.75 Å². The van der Waals surface area contributed by atoms with Gasteiger partial charge in [0.05, 0.1) is 6.04 Å². The van der Waals surface area contributed by atoms with Crippen LogP contribution in [0.5, 0.6) is 5.75 Å². The molecule has 5 heteroatoms. The monoisotopic (exact) mass is 411 g/mol. The molecule has 0 heterocycles. The maximum absolute atomic E-state index is 11.9. The van der Waals surface area contributed by atoms with E-state index in [-0.39, 0.29) is 18.6 Å². The molecule has 0 saturated carbocycles. The van der Waals surface area contributed by atoms with E-state index < -0.39 is 0 Å². The third-order valence-corrected chi connectivity index (χ3v) is 4.18. The van der Waals surface area contributed by atoms with Crippen molar-refractivity contribution in [3.63, 3.8) is 0 Å². The minimum atomic E-state index is -0.152. The Bertz CT molecular complexity index is 614. The van der Waals surface area contributed by atoms with Crippen LogP contribution in [-0.4, -0.2) is 12.5 Å². The number of carbonyl (C=O) groups excluding carboxylic acids is 1. The zero-order valence-electron chi connectivity index (χ0n) is 11.5. The normalized spacial score (nSPS) is 11.8. The molecule has 0 radical (unpaired) electrons. The number of ether oxygens (including phenoxy) is 1. The second-order valence-corrected chi connectivity index (χ2v) is 6.32. The van der Waals surface area contributed by atoms with Crippen LogP contribution in [0.15, 0.2) is 57.5 Å². The number of carbonyl (C=O) groups is 1. The lowest BCUT2D eigenvalue weighted by atomic mass is 10.1. The minimum absolute atomic E-state index is 0.00355. The van der Waals surface area contributed by atoms with Crippen LogP contribution in [0, 0.1) is 0 Å². The smallest absolute Gasteiger partial charge is 0.258 e. The molecule has 2 aromatic carbocycles. The Morgan fingerprint density at radius 3 is 2.48 bits per heavy atom. The highest BCUT2D eigenvalue weighted by molar-refractivity contribution is 9.10. The summed E-state index contributed by atoms with van der Waals surface area (Å²) in [5.41, 5.74) is 1.04. The van der Waals surface area contributed by atoms with Gasteiger partial charge in [-0.3, -0.25) is 4.79 Å². The van der Waals surface area contributed by atoms with Crippen molar-refractivity contribution in [2.75, 3.05) is 6.61 Å². The van der Waals surface area contributed by atoms with Crippen molar-refractivity contribution in [3.05, 3.63) is 63.0 Å². The average molecular weight is 413 g/mol. The largest absolute Gasteiger partial charge is 0.484 e. The van der Waals surface area contributed by atoms with Gasteiger partial charge < -0.3 is 10.1 Å². The molecule has 21 heavy (non-hydrogen) atoms. The van der Waals surface area contributed by atoms with E-state index in [2.05, 4.69) is 37.2 Å². The van der Waals surface area contributed by atoms with Crippen molar-refractivity contribution in [1.82, 2.24) is 5.32 Å². The summed E-state index contributed by atoms with van der Waals surface area (Å²) >= 11 is 6.83. The zero-order chi connectivity index (χ0) is 15.2. The van der Waals surface area contributed by atoms with Gasteiger partial charge in [-0.15, -0.1) is 0 Å². The Kier molecular flexibility index (Phi) is 5.82. The van der Waals surface area contributed by atoms with E-state index in [1.54, 1.807) is 0 Å². The van der Waals surface area contributed by atoms with E-state index in [0.717, 1.165) is 14.5 Å². The maximum atomic E-state index is 11.9. The van der Waals surface area contributed by atoms with E-state index >= 15 is 0 Å². The summed E-state index contributed by atoms with van der Waals surface area (Å²) in [6.45, 7) is 1.94.